The molecule has 0 saturated carbocycles. The molecule has 0 saturated heterocycles. The molecule has 5 rings (SSSR count). The Hall–Kier alpha value is -4.98. The van der Waals surface area contributed by atoms with Crippen molar-refractivity contribution in [3.8, 4) is 28.3 Å². The predicted octanol–water partition coefficient (Wildman–Crippen LogP) is 7.02. The molecule has 8 heteroatoms. The largest absolute Gasteiger partial charge is 0.484 e. The van der Waals surface area contributed by atoms with Crippen molar-refractivity contribution in [2.24, 2.45) is 0 Å². The first-order valence-corrected chi connectivity index (χ1v) is 12.4. The second-order valence-corrected chi connectivity index (χ2v) is 8.86. The van der Waals surface area contributed by atoms with Crippen LogP contribution in [0.2, 0.25) is 0 Å². The molecule has 1 aromatic heterocycles. The number of tetrazole rings is 1. The number of aryl methyl sites for hydroxylation is 1. The van der Waals surface area contributed by atoms with Gasteiger partial charge >= 0.3 is 6.03 Å². The van der Waals surface area contributed by atoms with Crippen LogP contribution in [0.1, 0.15) is 30.6 Å². The second-order valence-electron chi connectivity index (χ2n) is 8.86. The summed E-state index contributed by atoms with van der Waals surface area (Å²) in [5, 5.41) is 20.4. The van der Waals surface area contributed by atoms with Gasteiger partial charge in [0, 0.05) is 11.3 Å². The fourth-order valence-electron chi connectivity index (χ4n) is 4.23. The molecule has 4 aromatic carbocycles. The van der Waals surface area contributed by atoms with E-state index >= 15 is 0 Å². The lowest BCUT2D eigenvalue weighted by Crippen LogP contribution is -2.20. The third kappa shape index (κ3) is 5.70. The Bertz CT molecular complexity index is 1500. The summed E-state index contributed by atoms with van der Waals surface area (Å²) in [6.45, 7) is 4.08. The number of hydrogen-bond acceptors (Lipinski definition) is 5. The number of amides is 2. The zero-order valence-electron chi connectivity index (χ0n) is 21.2. The lowest BCUT2D eigenvalue weighted by atomic mass is 9.98. The van der Waals surface area contributed by atoms with E-state index in [-0.39, 0.29) is 12.1 Å². The molecule has 38 heavy (non-hydrogen) atoms. The van der Waals surface area contributed by atoms with Crippen LogP contribution in [0.4, 0.5) is 16.2 Å². The van der Waals surface area contributed by atoms with Gasteiger partial charge in [-0.15, -0.1) is 10.2 Å². The quantitative estimate of drug-likeness (QED) is 0.211. The molecule has 2 amide bonds. The van der Waals surface area contributed by atoms with E-state index in [1.807, 2.05) is 104 Å². The van der Waals surface area contributed by atoms with E-state index in [1.165, 1.54) is 0 Å². The number of anilines is 2. The number of nitrogens with one attached hydrogen (secondary N) is 3. The fraction of sp³-hybridized carbons (Fsp3) is 0.133. The molecule has 1 heterocycles. The van der Waals surface area contributed by atoms with Gasteiger partial charge in [-0.1, -0.05) is 85.3 Å². The molecule has 5 aromatic rings. The molecule has 0 aliphatic carbocycles. The van der Waals surface area contributed by atoms with Crippen LogP contribution in [0.5, 0.6) is 5.75 Å². The maximum Gasteiger partial charge on any atom is 0.323 e. The first-order chi connectivity index (χ1) is 18.6. The van der Waals surface area contributed by atoms with Gasteiger partial charge in [-0.25, -0.2) is 4.79 Å². The number of ether oxygens (including phenoxy) is 1. The van der Waals surface area contributed by atoms with Crippen LogP contribution in [-0.2, 0) is 0 Å². The predicted molar refractivity (Wildman–Crippen MR) is 149 cm³/mol. The highest BCUT2D eigenvalue weighted by molar-refractivity contribution is 6.01. The van der Waals surface area contributed by atoms with Crippen LogP contribution in [0.25, 0.3) is 22.5 Å². The average Bonchev–Trinajstić information content (AvgIpc) is 3.49. The Morgan fingerprint density at radius 1 is 0.895 bits per heavy atom. The summed E-state index contributed by atoms with van der Waals surface area (Å²) in [6, 6.07) is 30.9. The monoisotopic (exact) mass is 504 g/mol. The highest BCUT2D eigenvalue weighted by Gasteiger charge is 2.18. The number of benzene rings is 4. The number of carbonyl (C=O) groups is 1. The number of nitrogens with zero attached hydrogens (tertiary/aromatic N) is 3. The van der Waals surface area contributed by atoms with Crippen LogP contribution < -0.4 is 15.4 Å². The summed E-state index contributed by atoms with van der Waals surface area (Å²) in [6.07, 6.45) is 0.593. The van der Waals surface area contributed by atoms with Crippen LogP contribution in [-0.4, -0.2) is 26.7 Å². The summed E-state index contributed by atoms with van der Waals surface area (Å²) in [4.78, 5) is 13.0. The Kier molecular flexibility index (Phi) is 7.40. The topological polar surface area (TPSA) is 105 Å². The van der Waals surface area contributed by atoms with Crippen molar-refractivity contribution in [2.45, 2.75) is 26.4 Å². The van der Waals surface area contributed by atoms with Gasteiger partial charge in [0.1, 0.15) is 11.9 Å². The van der Waals surface area contributed by atoms with Crippen LogP contribution in [0, 0.1) is 6.92 Å². The van der Waals surface area contributed by atoms with Crippen molar-refractivity contribution in [2.75, 3.05) is 10.6 Å². The molecule has 0 spiro atoms. The summed E-state index contributed by atoms with van der Waals surface area (Å²) in [5.41, 5.74) is 6.02. The molecule has 0 aliphatic heterocycles. The Balaban J connectivity index is 1.50. The van der Waals surface area contributed by atoms with Crippen molar-refractivity contribution < 1.29 is 9.53 Å². The molecule has 0 radical (unpaired) electrons. The minimum atomic E-state index is -0.366. The van der Waals surface area contributed by atoms with E-state index in [1.54, 1.807) is 0 Å². The van der Waals surface area contributed by atoms with E-state index in [9.17, 15) is 4.79 Å². The molecule has 8 nitrogen and oxygen atoms in total. The maximum atomic E-state index is 13.0. The number of carbonyl (C=O) groups excluding carboxylic acids is 1. The van der Waals surface area contributed by atoms with Crippen molar-refractivity contribution in [1.82, 2.24) is 20.6 Å². The first-order valence-electron chi connectivity index (χ1n) is 12.4. The van der Waals surface area contributed by atoms with Crippen LogP contribution in [0.15, 0.2) is 97.1 Å². The normalized spacial score (nSPS) is 11.5. The van der Waals surface area contributed by atoms with Gasteiger partial charge in [0.05, 0.1) is 5.69 Å². The summed E-state index contributed by atoms with van der Waals surface area (Å²) in [7, 11) is 0. The number of hydrogen-bond donors (Lipinski definition) is 3. The lowest BCUT2D eigenvalue weighted by molar-refractivity contribution is 0.202. The highest BCUT2D eigenvalue weighted by Crippen LogP contribution is 2.37. The molecule has 1 atom stereocenters. The Labute approximate surface area is 221 Å². The van der Waals surface area contributed by atoms with Crippen LogP contribution >= 0.6 is 0 Å². The number of aromatic nitrogens is 4. The van der Waals surface area contributed by atoms with Crippen molar-refractivity contribution in [1.29, 1.82) is 0 Å². The van der Waals surface area contributed by atoms with E-state index in [4.69, 9.17) is 4.74 Å². The third-order valence-electron chi connectivity index (χ3n) is 6.17. The van der Waals surface area contributed by atoms with Gasteiger partial charge in [0.15, 0.2) is 0 Å². The fourth-order valence-corrected chi connectivity index (χ4v) is 4.23. The number of urea groups is 1. The standard InChI is InChI=1S/C30H28N6O2/c1-3-27(21-9-5-4-6-10-21)38-28-18-15-22(24-11-7-8-12-25(24)29-33-35-36-34-29)19-26(28)32-30(37)31-23-16-13-20(2)14-17-23/h4-19,27H,3H2,1-2H3,(H2,31,32,37)(H,33,34,35,36). The van der Waals surface area contributed by atoms with Crippen molar-refractivity contribution in [3.05, 3.63) is 108 Å². The minimum absolute atomic E-state index is 0.172. The second kappa shape index (κ2) is 11.4. The molecular weight excluding hydrogens is 476 g/mol. The molecule has 0 bridgehead atoms. The molecule has 0 fully saturated rings. The molecule has 3 N–H and O–H groups in total. The zero-order valence-corrected chi connectivity index (χ0v) is 21.2. The van der Waals surface area contributed by atoms with E-state index in [2.05, 4.69) is 38.2 Å². The number of aromatic amines is 1. The van der Waals surface area contributed by atoms with Gasteiger partial charge in [0.2, 0.25) is 5.82 Å². The highest BCUT2D eigenvalue weighted by atomic mass is 16.5. The average molecular weight is 505 g/mol. The van der Waals surface area contributed by atoms with Gasteiger partial charge in [0.25, 0.3) is 0 Å². The third-order valence-corrected chi connectivity index (χ3v) is 6.17. The number of H-pyrrole nitrogens is 1. The smallest absolute Gasteiger partial charge is 0.323 e. The molecule has 0 aliphatic rings. The summed E-state index contributed by atoms with van der Waals surface area (Å²) in [5.74, 6) is 1.06. The number of rotatable bonds is 8. The SMILES string of the molecule is CCC(Oc1ccc(-c2ccccc2-c2nn[nH]n2)cc1NC(=O)Nc1ccc(C)cc1)c1ccccc1. The first kappa shape index (κ1) is 24.7. The van der Waals surface area contributed by atoms with Gasteiger partial charge < -0.3 is 15.4 Å². The van der Waals surface area contributed by atoms with E-state index < -0.39 is 0 Å². The summed E-state index contributed by atoms with van der Waals surface area (Å²) >= 11 is 0. The van der Waals surface area contributed by atoms with E-state index in [0.29, 0.717) is 22.9 Å². The molecule has 1 unspecified atom stereocenters. The van der Waals surface area contributed by atoms with Gasteiger partial charge in [-0.05, 0) is 59.5 Å². The van der Waals surface area contributed by atoms with Crippen molar-refractivity contribution in [3.63, 3.8) is 0 Å². The summed E-state index contributed by atoms with van der Waals surface area (Å²) < 4.78 is 6.46. The molecular formula is C30H28N6O2. The minimum Gasteiger partial charge on any atom is -0.484 e. The Morgan fingerprint density at radius 3 is 2.34 bits per heavy atom. The van der Waals surface area contributed by atoms with E-state index in [0.717, 1.165) is 34.2 Å². The molecule has 190 valence electrons. The van der Waals surface area contributed by atoms with Gasteiger partial charge in [-0.3, -0.25) is 0 Å². The van der Waals surface area contributed by atoms with Crippen molar-refractivity contribution >= 4 is 17.4 Å². The maximum absolute atomic E-state index is 13.0. The lowest BCUT2D eigenvalue weighted by Gasteiger charge is -2.21. The Morgan fingerprint density at radius 2 is 1.63 bits per heavy atom. The zero-order chi connectivity index (χ0) is 26.3. The van der Waals surface area contributed by atoms with Crippen LogP contribution in [0.3, 0.4) is 0 Å². The van der Waals surface area contributed by atoms with Gasteiger partial charge in [-0.2, -0.15) is 5.21 Å².